The van der Waals surface area contributed by atoms with Crippen molar-refractivity contribution in [2.75, 3.05) is 22.9 Å². The van der Waals surface area contributed by atoms with E-state index in [0.29, 0.717) is 13.1 Å². The van der Waals surface area contributed by atoms with Crippen molar-refractivity contribution in [1.29, 1.82) is 0 Å². The number of nitrogens with zero attached hydrogens (tertiary/aromatic N) is 3. The van der Waals surface area contributed by atoms with Gasteiger partial charge in [0.15, 0.2) is 0 Å². The number of amides is 3. The van der Waals surface area contributed by atoms with E-state index in [0.717, 1.165) is 29.0 Å². The lowest BCUT2D eigenvalue weighted by atomic mass is 9.75. The van der Waals surface area contributed by atoms with Crippen LogP contribution in [0.5, 0.6) is 0 Å². The summed E-state index contributed by atoms with van der Waals surface area (Å²) < 4.78 is 14.6. The van der Waals surface area contributed by atoms with Crippen LogP contribution in [0.1, 0.15) is 25.3 Å². The summed E-state index contributed by atoms with van der Waals surface area (Å²) in [5, 5.41) is 0. The molecule has 6 rings (SSSR count). The van der Waals surface area contributed by atoms with E-state index in [2.05, 4.69) is 4.90 Å². The van der Waals surface area contributed by atoms with Crippen molar-refractivity contribution in [2.45, 2.75) is 31.3 Å². The summed E-state index contributed by atoms with van der Waals surface area (Å²) in [4.78, 5) is 46.2. The van der Waals surface area contributed by atoms with Gasteiger partial charge in [-0.2, -0.15) is 0 Å². The summed E-state index contributed by atoms with van der Waals surface area (Å²) in [5.74, 6) is -3.13. The molecule has 1 spiro atoms. The number of hydrogen-bond donors (Lipinski definition) is 0. The SMILES string of the molecule is CCN1C(=O)[C@]2(c3ccccc31)[C@@H]1C(=O)N(c3ccccc3F)C(=O)[C@H]1[C@H]1CCCN12. The van der Waals surface area contributed by atoms with Gasteiger partial charge in [-0.05, 0) is 44.5 Å². The molecule has 0 unspecified atom stereocenters. The first-order valence-electron chi connectivity index (χ1n) is 10.8. The van der Waals surface area contributed by atoms with Gasteiger partial charge in [-0.3, -0.25) is 19.3 Å². The molecule has 0 N–H and O–H groups in total. The second kappa shape index (κ2) is 6.23. The zero-order chi connectivity index (χ0) is 21.5. The Labute approximate surface area is 179 Å². The van der Waals surface area contributed by atoms with E-state index in [-0.39, 0.29) is 17.6 Å². The summed E-state index contributed by atoms with van der Waals surface area (Å²) in [5.41, 5.74) is 0.354. The molecule has 6 nitrogen and oxygen atoms in total. The number of carbonyl (C=O) groups excluding carboxylic acids is 3. The number of hydrogen-bond acceptors (Lipinski definition) is 4. The average Bonchev–Trinajstić information content (AvgIpc) is 3.47. The third-order valence-corrected chi connectivity index (χ3v) is 7.55. The van der Waals surface area contributed by atoms with Crippen molar-refractivity contribution in [3.05, 3.63) is 59.9 Å². The number of halogens is 1. The van der Waals surface area contributed by atoms with E-state index in [9.17, 15) is 18.8 Å². The maximum Gasteiger partial charge on any atom is 0.253 e. The Hall–Kier alpha value is -3.06. The molecular formula is C24H22FN3O3. The quantitative estimate of drug-likeness (QED) is 0.703. The van der Waals surface area contributed by atoms with Crippen molar-refractivity contribution in [2.24, 2.45) is 11.8 Å². The Morgan fingerprint density at radius 3 is 2.45 bits per heavy atom. The first-order valence-corrected chi connectivity index (χ1v) is 10.8. The summed E-state index contributed by atoms with van der Waals surface area (Å²) in [7, 11) is 0. The van der Waals surface area contributed by atoms with Crippen LogP contribution < -0.4 is 9.80 Å². The average molecular weight is 419 g/mol. The standard InChI is InChI=1S/C24H22FN3O3/c1-2-26-16-10-5-3-8-14(16)24(23(26)31)20-19(18-12-7-13-27(18)24)21(29)28(22(20)30)17-11-6-4-9-15(17)25/h3-6,8-11,18-20H,2,7,12-13H2,1H3/t18-,19+,20+,24+/m1/s1. The molecule has 3 amide bonds. The zero-order valence-corrected chi connectivity index (χ0v) is 17.1. The second-order valence-corrected chi connectivity index (χ2v) is 8.70. The van der Waals surface area contributed by atoms with Crippen LogP contribution in [-0.4, -0.2) is 41.8 Å². The molecule has 3 saturated heterocycles. The number of benzene rings is 2. The van der Waals surface area contributed by atoms with Gasteiger partial charge in [-0.1, -0.05) is 30.3 Å². The van der Waals surface area contributed by atoms with Crippen molar-refractivity contribution in [1.82, 2.24) is 4.90 Å². The highest BCUT2D eigenvalue weighted by Crippen LogP contribution is 2.61. The number of carbonyl (C=O) groups is 3. The van der Waals surface area contributed by atoms with E-state index in [4.69, 9.17) is 0 Å². The third-order valence-electron chi connectivity index (χ3n) is 7.55. The van der Waals surface area contributed by atoms with Gasteiger partial charge in [0.05, 0.1) is 17.5 Å². The van der Waals surface area contributed by atoms with Gasteiger partial charge in [0.1, 0.15) is 11.4 Å². The molecule has 4 heterocycles. The number of fused-ring (bicyclic) bond motifs is 7. The highest BCUT2D eigenvalue weighted by molar-refractivity contribution is 6.26. The summed E-state index contributed by atoms with van der Waals surface area (Å²) in [6, 6.07) is 13.2. The molecular weight excluding hydrogens is 397 g/mol. The van der Waals surface area contributed by atoms with Crippen LogP contribution >= 0.6 is 0 Å². The molecule has 4 aliphatic rings. The molecule has 4 atom stereocenters. The first-order chi connectivity index (χ1) is 15.0. The molecule has 0 aromatic heterocycles. The predicted octanol–water partition coefficient (Wildman–Crippen LogP) is 2.67. The highest BCUT2D eigenvalue weighted by atomic mass is 19.1. The van der Waals surface area contributed by atoms with Crippen LogP contribution in [0.25, 0.3) is 0 Å². The number of para-hydroxylation sites is 2. The summed E-state index contributed by atoms with van der Waals surface area (Å²) in [6.45, 7) is 3.05. The second-order valence-electron chi connectivity index (χ2n) is 8.70. The van der Waals surface area contributed by atoms with Crippen LogP contribution in [-0.2, 0) is 19.9 Å². The Morgan fingerprint density at radius 2 is 1.71 bits per heavy atom. The van der Waals surface area contributed by atoms with E-state index >= 15 is 0 Å². The van der Waals surface area contributed by atoms with Crippen molar-refractivity contribution in [3.63, 3.8) is 0 Å². The fourth-order valence-electron chi connectivity index (χ4n) is 6.52. The molecule has 158 valence electrons. The molecule has 0 radical (unpaired) electrons. The van der Waals surface area contributed by atoms with E-state index < -0.39 is 35.0 Å². The Morgan fingerprint density at radius 1 is 1.00 bits per heavy atom. The Bertz CT molecular complexity index is 1150. The number of rotatable bonds is 2. The molecule has 2 aromatic rings. The molecule has 3 fully saturated rings. The smallest absolute Gasteiger partial charge is 0.253 e. The van der Waals surface area contributed by atoms with Gasteiger partial charge in [-0.25, -0.2) is 9.29 Å². The lowest BCUT2D eigenvalue weighted by molar-refractivity contribution is -0.137. The molecule has 0 aliphatic carbocycles. The molecule has 0 saturated carbocycles. The highest BCUT2D eigenvalue weighted by Gasteiger charge is 2.75. The lowest BCUT2D eigenvalue weighted by Gasteiger charge is -2.37. The normalized spacial score (nSPS) is 31.7. The van der Waals surface area contributed by atoms with Crippen LogP contribution in [0, 0.1) is 17.7 Å². The van der Waals surface area contributed by atoms with Crippen molar-refractivity contribution in [3.8, 4) is 0 Å². The van der Waals surface area contributed by atoms with Gasteiger partial charge in [0.25, 0.3) is 5.91 Å². The van der Waals surface area contributed by atoms with E-state index in [1.54, 1.807) is 11.0 Å². The number of anilines is 2. The predicted molar refractivity (Wildman–Crippen MR) is 112 cm³/mol. The van der Waals surface area contributed by atoms with Gasteiger partial charge >= 0.3 is 0 Å². The summed E-state index contributed by atoms with van der Waals surface area (Å²) in [6.07, 6.45) is 1.60. The van der Waals surface area contributed by atoms with Crippen LogP contribution in [0.4, 0.5) is 15.8 Å². The monoisotopic (exact) mass is 419 g/mol. The van der Waals surface area contributed by atoms with Gasteiger partial charge < -0.3 is 4.90 Å². The lowest BCUT2D eigenvalue weighted by Crippen LogP contribution is -2.56. The Kier molecular flexibility index (Phi) is 3.76. The van der Waals surface area contributed by atoms with Gasteiger partial charge in [0, 0.05) is 23.8 Å². The largest absolute Gasteiger partial charge is 0.310 e. The fourth-order valence-corrected chi connectivity index (χ4v) is 6.52. The van der Waals surface area contributed by atoms with Crippen molar-refractivity contribution >= 4 is 29.1 Å². The van der Waals surface area contributed by atoms with Crippen LogP contribution in [0.3, 0.4) is 0 Å². The minimum Gasteiger partial charge on any atom is -0.310 e. The van der Waals surface area contributed by atoms with E-state index in [1.165, 1.54) is 18.2 Å². The van der Waals surface area contributed by atoms with Crippen LogP contribution in [0.15, 0.2) is 48.5 Å². The fraction of sp³-hybridized carbons (Fsp3) is 0.375. The van der Waals surface area contributed by atoms with Crippen LogP contribution in [0.2, 0.25) is 0 Å². The number of likely N-dealkylation sites (N-methyl/N-ethyl adjacent to an activating group) is 1. The third kappa shape index (κ3) is 2.03. The number of imide groups is 1. The maximum absolute atomic E-state index is 14.6. The molecule has 31 heavy (non-hydrogen) atoms. The van der Waals surface area contributed by atoms with Gasteiger partial charge in [0.2, 0.25) is 11.8 Å². The molecule has 7 heteroatoms. The zero-order valence-electron chi connectivity index (χ0n) is 17.1. The van der Waals surface area contributed by atoms with Gasteiger partial charge in [-0.15, -0.1) is 0 Å². The topological polar surface area (TPSA) is 60.9 Å². The first kappa shape index (κ1) is 18.7. The molecule has 0 bridgehead atoms. The Balaban J connectivity index is 1.59. The van der Waals surface area contributed by atoms with Crippen molar-refractivity contribution < 1.29 is 18.8 Å². The minimum absolute atomic E-state index is 0.0299. The minimum atomic E-state index is -1.20. The molecule has 2 aromatic carbocycles. The van der Waals surface area contributed by atoms with E-state index in [1.807, 2.05) is 31.2 Å². The summed E-state index contributed by atoms with van der Waals surface area (Å²) >= 11 is 0. The molecule has 4 aliphatic heterocycles. The maximum atomic E-state index is 14.6.